The second kappa shape index (κ2) is 5.89. The summed E-state index contributed by atoms with van der Waals surface area (Å²) >= 11 is 3.29. The molecule has 16 heavy (non-hydrogen) atoms. The Hall–Kier alpha value is -1.03. The Morgan fingerprint density at radius 3 is 2.81 bits per heavy atom. The molecule has 0 saturated carbocycles. The predicted molar refractivity (Wildman–Crippen MR) is 67.6 cm³/mol. The van der Waals surface area contributed by atoms with Crippen LogP contribution in [0.25, 0.3) is 0 Å². The van der Waals surface area contributed by atoms with Gasteiger partial charge in [0.2, 0.25) is 0 Å². The molecular formula is C12H16BrNO2. The summed E-state index contributed by atoms with van der Waals surface area (Å²) < 4.78 is 6.40. The summed E-state index contributed by atoms with van der Waals surface area (Å²) in [6, 6.07) is 5.26. The maximum Gasteiger partial charge on any atom is 0.252 e. The Labute approximate surface area is 104 Å². The molecule has 0 spiro atoms. The van der Waals surface area contributed by atoms with Crippen LogP contribution in [0.5, 0.6) is 5.75 Å². The summed E-state index contributed by atoms with van der Waals surface area (Å²) in [4.78, 5) is 11.2. The van der Waals surface area contributed by atoms with Crippen LogP contribution in [-0.2, 0) is 0 Å². The third-order valence-corrected chi connectivity index (χ3v) is 2.92. The second-order valence-electron chi connectivity index (χ2n) is 3.83. The summed E-state index contributed by atoms with van der Waals surface area (Å²) in [5.41, 5.74) is 5.70. The lowest BCUT2D eigenvalue weighted by molar-refractivity contribution is 0.0995. The van der Waals surface area contributed by atoms with E-state index in [9.17, 15) is 4.79 Å². The van der Waals surface area contributed by atoms with Gasteiger partial charge in [-0.3, -0.25) is 4.79 Å². The third-order valence-electron chi connectivity index (χ3n) is 2.43. The largest absolute Gasteiger partial charge is 0.492 e. The fraction of sp³-hybridized carbons (Fsp3) is 0.417. The van der Waals surface area contributed by atoms with Crippen LogP contribution < -0.4 is 10.5 Å². The van der Waals surface area contributed by atoms with Crippen LogP contribution in [0.3, 0.4) is 0 Å². The number of ether oxygens (including phenoxy) is 1. The van der Waals surface area contributed by atoms with Gasteiger partial charge in [-0.05, 0) is 24.1 Å². The average Bonchev–Trinajstić information content (AvgIpc) is 2.26. The van der Waals surface area contributed by atoms with Crippen molar-refractivity contribution in [3.63, 3.8) is 0 Å². The number of hydrogen-bond acceptors (Lipinski definition) is 2. The van der Waals surface area contributed by atoms with Gasteiger partial charge in [0, 0.05) is 4.47 Å². The number of amides is 1. The molecule has 1 atom stereocenters. The van der Waals surface area contributed by atoms with Crippen molar-refractivity contribution in [3.8, 4) is 5.75 Å². The number of carbonyl (C=O) groups is 1. The van der Waals surface area contributed by atoms with Crippen molar-refractivity contribution in [2.75, 3.05) is 6.61 Å². The first-order valence-electron chi connectivity index (χ1n) is 5.26. The maximum absolute atomic E-state index is 11.2. The van der Waals surface area contributed by atoms with E-state index in [1.54, 1.807) is 12.1 Å². The number of hydrogen-bond donors (Lipinski definition) is 1. The van der Waals surface area contributed by atoms with E-state index in [1.807, 2.05) is 6.07 Å². The molecule has 0 aliphatic heterocycles. The second-order valence-corrected chi connectivity index (χ2v) is 4.74. The zero-order valence-electron chi connectivity index (χ0n) is 9.50. The summed E-state index contributed by atoms with van der Waals surface area (Å²) in [6.45, 7) is 4.80. The first-order valence-corrected chi connectivity index (χ1v) is 6.06. The summed E-state index contributed by atoms with van der Waals surface area (Å²) in [5.74, 6) is 0.542. The van der Waals surface area contributed by atoms with Gasteiger partial charge in [-0.15, -0.1) is 0 Å². The molecule has 0 bridgehead atoms. The number of rotatable bonds is 5. The standard InChI is InChI=1S/C12H16BrNO2/c1-3-8(2)7-16-11-5-4-9(13)6-10(11)12(14)15/h4-6,8H,3,7H2,1-2H3,(H2,14,15). The number of benzene rings is 1. The minimum absolute atomic E-state index is 0.415. The molecule has 0 aliphatic carbocycles. The third kappa shape index (κ3) is 3.52. The topological polar surface area (TPSA) is 52.3 Å². The van der Waals surface area contributed by atoms with Crippen molar-refractivity contribution in [1.29, 1.82) is 0 Å². The molecule has 1 aromatic rings. The summed E-state index contributed by atoms with van der Waals surface area (Å²) in [5, 5.41) is 0. The van der Waals surface area contributed by atoms with Crippen molar-refractivity contribution in [1.82, 2.24) is 0 Å². The minimum Gasteiger partial charge on any atom is -0.492 e. The molecule has 0 radical (unpaired) electrons. The van der Waals surface area contributed by atoms with E-state index in [1.165, 1.54) is 0 Å². The summed E-state index contributed by atoms with van der Waals surface area (Å²) in [7, 11) is 0. The fourth-order valence-corrected chi connectivity index (χ4v) is 1.53. The monoisotopic (exact) mass is 285 g/mol. The molecular weight excluding hydrogens is 270 g/mol. The highest BCUT2D eigenvalue weighted by atomic mass is 79.9. The summed E-state index contributed by atoms with van der Waals surface area (Å²) in [6.07, 6.45) is 1.04. The van der Waals surface area contributed by atoms with Gasteiger partial charge in [0.25, 0.3) is 5.91 Å². The molecule has 1 amide bonds. The van der Waals surface area contributed by atoms with E-state index < -0.39 is 5.91 Å². The van der Waals surface area contributed by atoms with Gasteiger partial charge in [0.15, 0.2) is 0 Å². The average molecular weight is 286 g/mol. The van der Waals surface area contributed by atoms with E-state index in [-0.39, 0.29) is 0 Å². The highest BCUT2D eigenvalue weighted by molar-refractivity contribution is 9.10. The molecule has 0 aromatic heterocycles. The van der Waals surface area contributed by atoms with Gasteiger partial charge >= 0.3 is 0 Å². The van der Waals surface area contributed by atoms with Gasteiger partial charge in [-0.1, -0.05) is 36.2 Å². The number of carbonyl (C=O) groups excluding carboxylic acids is 1. The Bertz CT molecular complexity index is 379. The smallest absolute Gasteiger partial charge is 0.252 e. The van der Waals surface area contributed by atoms with Crippen LogP contribution >= 0.6 is 15.9 Å². The SMILES string of the molecule is CCC(C)COc1ccc(Br)cc1C(N)=O. The predicted octanol–water partition coefficient (Wildman–Crippen LogP) is 2.97. The van der Waals surface area contributed by atoms with E-state index in [2.05, 4.69) is 29.8 Å². The zero-order chi connectivity index (χ0) is 12.1. The number of nitrogens with two attached hydrogens (primary N) is 1. The van der Waals surface area contributed by atoms with E-state index in [4.69, 9.17) is 10.5 Å². The molecule has 1 aromatic carbocycles. The molecule has 3 nitrogen and oxygen atoms in total. The fourth-order valence-electron chi connectivity index (χ4n) is 1.17. The van der Waals surface area contributed by atoms with Crippen LogP contribution in [-0.4, -0.2) is 12.5 Å². The molecule has 1 rings (SSSR count). The lowest BCUT2D eigenvalue weighted by Crippen LogP contribution is -2.15. The van der Waals surface area contributed by atoms with Crippen LogP contribution in [0.2, 0.25) is 0 Å². The Morgan fingerprint density at radius 1 is 1.56 bits per heavy atom. The van der Waals surface area contributed by atoms with E-state index in [0.29, 0.717) is 23.8 Å². The molecule has 88 valence electrons. The van der Waals surface area contributed by atoms with Gasteiger partial charge in [0.1, 0.15) is 5.75 Å². The maximum atomic E-state index is 11.2. The van der Waals surface area contributed by atoms with Crippen molar-refractivity contribution in [2.45, 2.75) is 20.3 Å². The molecule has 2 N–H and O–H groups in total. The van der Waals surface area contributed by atoms with Crippen molar-refractivity contribution >= 4 is 21.8 Å². The van der Waals surface area contributed by atoms with Gasteiger partial charge in [0.05, 0.1) is 12.2 Å². The zero-order valence-corrected chi connectivity index (χ0v) is 11.1. The van der Waals surface area contributed by atoms with Crippen LogP contribution in [0.15, 0.2) is 22.7 Å². The lowest BCUT2D eigenvalue weighted by atomic mass is 10.1. The molecule has 0 aliphatic rings. The van der Waals surface area contributed by atoms with Gasteiger partial charge in [-0.2, -0.15) is 0 Å². The van der Waals surface area contributed by atoms with E-state index in [0.717, 1.165) is 10.9 Å². The van der Waals surface area contributed by atoms with Crippen molar-refractivity contribution in [2.24, 2.45) is 11.7 Å². The Balaban J connectivity index is 2.82. The minimum atomic E-state index is -0.472. The highest BCUT2D eigenvalue weighted by Crippen LogP contribution is 2.23. The van der Waals surface area contributed by atoms with Gasteiger partial charge < -0.3 is 10.5 Å². The first kappa shape index (κ1) is 13.0. The van der Waals surface area contributed by atoms with Crippen molar-refractivity contribution in [3.05, 3.63) is 28.2 Å². The first-order chi connectivity index (χ1) is 7.54. The lowest BCUT2D eigenvalue weighted by Gasteiger charge is -2.13. The van der Waals surface area contributed by atoms with Crippen LogP contribution in [0, 0.1) is 5.92 Å². The van der Waals surface area contributed by atoms with Crippen LogP contribution in [0.1, 0.15) is 30.6 Å². The molecule has 4 heteroatoms. The van der Waals surface area contributed by atoms with E-state index >= 15 is 0 Å². The van der Waals surface area contributed by atoms with Crippen LogP contribution in [0.4, 0.5) is 0 Å². The Morgan fingerprint density at radius 2 is 2.25 bits per heavy atom. The molecule has 1 unspecified atom stereocenters. The molecule has 0 fully saturated rings. The number of halogens is 1. The normalized spacial score (nSPS) is 12.2. The molecule has 0 heterocycles. The highest BCUT2D eigenvalue weighted by Gasteiger charge is 2.10. The molecule has 0 saturated heterocycles. The van der Waals surface area contributed by atoms with Gasteiger partial charge in [-0.25, -0.2) is 0 Å². The van der Waals surface area contributed by atoms with Crippen molar-refractivity contribution < 1.29 is 9.53 Å². The quantitative estimate of drug-likeness (QED) is 0.904. The Kier molecular flexibility index (Phi) is 4.80. The number of primary amides is 1.